The minimum Gasteiger partial charge on any atom is -0.494 e. The topological polar surface area (TPSA) is 56.8 Å². The first-order valence-corrected chi connectivity index (χ1v) is 10.1. The van der Waals surface area contributed by atoms with Crippen molar-refractivity contribution < 1.29 is 19.0 Å². The molecular formula is C24H31NO4. The molecule has 0 heterocycles. The Labute approximate surface area is 173 Å². The molecule has 156 valence electrons. The minimum absolute atomic E-state index is 0.0594. The van der Waals surface area contributed by atoms with Crippen LogP contribution in [0.1, 0.15) is 45.6 Å². The molecule has 0 radical (unpaired) electrons. The molecule has 0 fully saturated rings. The van der Waals surface area contributed by atoms with Gasteiger partial charge in [0.1, 0.15) is 5.75 Å². The van der Waals surface area contributed by atoms with Gasteiger partial charge >= 0.3 is 0 Å². The van der Waals surface area contributed by atoms with Gasteiger partial charge < -0.3 is 19.5 Å². The average molecular weight is 398 g/mol. The molecule has 0 bridgehead atoms. The van der Waals surface area contributed by atoms with Crippen molar-refractivity contribution in [1.29, 1.82) is 0 Å². The van der Waals surface area contributed by atoms with Crippen molar-refractivity contribution >= 4 is 17.7 Å². The zero-order valence-corrected chi connectivity index (χ0v) is 17.7. The molecule has 0 atom stereocenters. The first-order chi connectivity index (χ1) is 14.0. The Bertz CT molecular complexity index is 797. The Balaban J connectivity index is 1.90. The highest BCUT2D eigenvalue weighted by Crippen LogP contribution is 2.29. The summed E-state index contributed by atoms with van der Waals surface area (Å²) in [5, 5.41) is 2.84. The third-order valence-electron chi connectivity index (χ3n) is 4.12. The molecule has 1 N–H and O–H groups in total. The third kappa shape index (κ3) is 7.90. The Morgan fingerprint density at radius 1 is 1.07 bits per heavy atom. The molecule has 0 saturated carbocycles. The van der Waals surface area contributed by atoms with E-state index < -0.39 is 0 Å². The van der Waals surface area contributed by atoms with Crippen LogP contribution < -0.4 is 19.5 Å². The number of methoxy groups -OCH3 is 1. The lowest BCUT2D eigenvalue weighted by Gasteiger charge is -2.13. The van der Waals surface area contributed by atoms with Crippen molar-refractivity contribution in [2.45, 2.75) is 46.1 Å². The number of nitrogens with one attached hydrogen (secondary N) is 1. The van der Waals surface area contributed by atoms with Crippen molar-refractivity contribution in [2.75, 3.05) is 19.0 Å². The number of hydrogen-bond donors (Lipinski definition) is 1. The first kappa shape index (κ1) is 22.3. The van der Waals surface area contributed by atoms with E-state index in [1.54, 1.807) is 13.2 Å². The van der Waals surface area contributed by atoms with Crippen LogP contribution in [0.4, 0.5) is 5.69 Å². The summed E-state index contributed by atoms with van der Waals surface area (Å²) in [6, 6.07) is 13.0. The SMILES string of the molecule is CCCCCOc1ccc(NC(=O)/C=C/c2ccc(OC(C)C)c(OC)c2)cc1. The largest absolute Gasteiger partial charge is 0.494 e. The maximum Gasteiger partial charge on any atom is 0.248 e. The van der Waals surface area contributed by atoms with Crippen LogP contribution in [0.2, 0.25) is 0 Å². The van der Waals surface area contributed by atoms with Crippen LogP contribution >= 0.6 is 0 Å². The molecule has 2 aromatic carbocycles. The first-order valence-electron chi connectivity index (χ1n) is 10.1. The van der Waals surface area contributed by atoms with Crippen LogP contribution in [0.15, 0.2) is 48.5 Å². The zero-order valence-electron chi connectivity index (χ0n) is 17.7. The zero-order chi connectivity index (χ0) is 21.1. The Hall–Kier alpha value is -2.95. The molecule has 0 aliphatic heterocycles. The van der Waals surface area contributed by atoms with E-state index in [1.165, 1.54) is 18.9 Å². The van der Waals surface area contributed by atoms with Gasteiger partial charge in [-0.15, -0.1) is 0 Å². The number of ether oxygens (including phenoxy) is 3. The van der Waals surface area contributed by atoms with Crippen LogP contribution in [-0.2, 0) is 4.79 Å². The second kappa shape index (κ2) is 11.8. The predicted molar refractivity (Wildman–Crippen MR) is 118 cm³/mol. The molecule has 1 amide bonds. The normalized spacial score (nSPS) is 10.9. The average Bonchev–Trinajstić information content (AvgIpc) is 2.71. The second-order valence-corrected chi connectivity index (χ2v) is 6.98. The summed E-state index contributed by atoms with van der Waals surface area (Å²) < 4.78 is 16.8. The van der Waals surface area contributed by atoms with Crippen LogP contribution in [0.3, 0.4) is 0 Å². The smallest absolute Gasteiger partial charge is 0.248 e. The molecule has 5 heteroatoms. The van der Waals surface area contributed by atoms with E-state index in [4.69, 9.17) is 14.2 Å². The van der Waals surface area contributed by atoms with Gasteiger partial charge in [0, 0.05) is 11.8 Å². The van der Waals surface area contributed by atoms with Gasteiger partial charge in [0.15, 0.2) is 11.5 Å². The van der Waals surface area contributed by atoms with E-state index in [0.717, 1.165) is 23.4 Å². The van der Waals surface area contributed by atoms with Gasteiger partial charge in [-0.05, 0) is 68.3 Å². The number of hydrogen-bond acceptors (Lipinski definition) is 4. The third-order valence-corrected chi connectivity index (χ3v) is 4.12. The van der Waals surface area contributed by atoms with Gasteiger partial charge in [0.25, 0.3) is 0 Å². The van der Waals surface area contributed by atoms with Crippen LogP contribution in [0.5, 0.6) is 17.2 Å². The van der Waals surface area contributed by atoms with E-state index in [2.05, 4.69) is 12.2 Å². The fraction of sp³-hybridized carbons (Fsp3) is 0.375. The Kier molecular flexibility index (Phi) is 9.09. The number of unbranched alkanes of at least 4 members (excludes halogenated alkanes) is 2. The van der Waals surface area contributed by atoms with Gasteiger partial charge in [-0.2, -0.15) is 0 Å². The fourth-order valence-corrected chi connectivity index (χ4v) is 2.67. The number of benzene rings is 2. The highest BCUT2D eigenvalue weighted by molar-refractivity contribution is 6.01. The number of amides is 1. The Morgan fingerprint density at radius 2 is 1.83 bits per heavy atom. The predicted octanol–water partition coefficient (Wildman–Crippen LogP) is 5.70. The van der Waals surface area contributed by atoms with Gasteiger partial charge in [-0.1, -0.05) is 25.8 Å². The van der Waals surface area contributed by atoms with E-state index in [1.807, 2.05) is 56.3 Å². The van der Waals surface area contributed by atoms with Crippen LogP contribution in [-0.4, -0.2) is 25.7 Å². The summed E-state index contributed by atoms with van der Waals surface area (Å²) in [7, 11) is 1.60. The minimum atomic E-state index is -0.205. The van der Waals surface area contributed by atoms with Gasteiger partial charge in [-0.3, -0.25) is 4.79 Å². The van der Waals surface area contributed by atoms with Gasteiger partial charge in [0.2, 0.25) is 5.91 Å². The maximum absolute atomic E-state index is 12.2. The molecule has 0 saturated heterocycles. The van der Waals surface area contributed by atoms with Gasteiger partial charge in [0.05, 0.1) is 19.8 Å². The summed E-state index contributed by atoms with van der Waals surface area (Å²) in [4.78, 5) is 12.2. The summed E-state index contributed by atoms with van der Waals surface area (Å²) in [6.45, 7) is 6.80. The molecule has 2 rings (SSSR count). The summed E-state index contributed by atoms with van der Waals surface area (Å²) >= 11 is 0. The van der Waals surface area contributed by atoms with Crippen molar-refractivity contribution in [3.05, 3.63) is 54.1 Å². The van der Waals surface area contributed by atoms with Crippen LogP contribution in [0.25, 0.3) is 6.08 Å². The molecule has 0 unspecified atom stereocenters. The maximum atomic E-state index is 12.2. The number of rotatable bonds is 11. The monoisotopic (exact) mass is 397 g/mol. The van der Waals surface area contributed by atoms with E-state index in [9.17, 15) is 4.79 Å². The highest BCUT2D eigenvalue weighted by atomic mass is 16.5. The summed E-state index contributed by atoms with van der Waals surface area (Å²) in [6.07, 6.45) is 6.68. The summed E-state index contributed by atoms with van der Waals surface area (Å²) in [5.41, 5.74) is 1.57. The lowest BCUT2D eigenvalue weighted by Crippen LogP contribution is -2.08. The molecule has 0 spiro atoms. The lowest BCUT2D eigenvalue weighted by atomic mass is 10.2. The number of carbonyl (C=O) groups is 1. The van der Waals surface area contributed by atoms with Crippen molar-refractivity contribution in [2.24, 2.45) is 0 Å². The lowest BCUT2D eigenvalue weighted by molar-refractivity contribution is -0.111. The van der Waals surface area contributed by atoms with Crippen molar-refractivity contribution in [3.63, 3.8) is 0 Å². The van der Waals surface area contributed by atoms with Crippen LogP contribution in [0, 0.1) is 0 Å². The van der Waals surface area contributed by atoms with Crippen molar-refractivity contribution in [3.8, 4) is 17.2 Å². The summed E-state index contributed by atoms with van der Waals surface area (Å²) in [5.74, 6) is 1.92. The number of anilines is 1. The molecule has 0 aromatic heterocycles. The molecule has 0 aliphatic carbocycles. The standard InChI is InChI=1S/C24H31NO4/c1-5-6-7-16-28-21-12-10-20(11-13-21)25-24(26)15-9-19-8-14-22(29-18(2)3)23(17-19)27-4/h8-15,17-18H,5-7,16H2,1-4H3,(H,25,26)/b15-9+. The van der Waals surface area contributed by atoms with E-state index in [0.29, 0.717) is 18.1 Å². The van der Waals surface area contributed by atoms with Gasteiger partial charge in [-0.25, -0.2) is 0 Å². The second-order valence-electron chi connectivity index (χ2n) is 6.98. The molecule has 29 heavy (non-hydrogen) atoms. The Morgan fingerprint density at radius 3 is 2.48 bits per heavy atom. The molecule has 0 aliphatic rings. The quantitative estimate of drug-likeness (QED) is 0.390. The number of carbonyl (C=O) groups excluding carboxylic acids is 1. The fourth-order valence-electron chi connectivity index (χ4n) is 2.67. The molecule has 2 aromatic rings. The highest BCUT2D eigenvalue weighted by Gasteiger charge is 2.07. The van der Waals surface area contributed by atoms with E-state index in [-0.39, 0.29) is 12.0 Å². The van der Waals surface area contributed by atoms with E-state index >= 15 is 0 Å². The molecular weight excluding hydrogens is 366 g/mol. The van der Waals surface area contributed by atoms with Crippen molar-refractivity contribution in [1.82, 2.24) is 0 Å². The molecule has 5 nitrogen and oxygen atoms in total.